The average Bonchev–Trinajstić information content (AvgIpc) is 2.87. The summed E-state index contributed by atoms with van der Waals surface area (Å²) in [7, 11) is 0. The van der Waals surface area contributed by atoms with Crippen molar-refractivity contribution in [2.45, 2.75) is 6.42 Å². The molecule has 4 rings (SSSR count). The second-order valence-corrected chi connectivity index (χ2v) is 5.37. The summed E-state index contributed by atoms with van der Waals surface area (Å²) in [6.45, 7) is 0. The summed E-state index contributed by atoms with van der Waals surface area (Å²) < 4.78 is 14.3. The Bertz CT molecular complexity index is 838. The minimum Gasteiger partial charge on any atom is -0.396 e. The predicted molar refractivity (Wildman–Crippen MR) is 84.5 cm³/mol. The maximum Gasteiger partial charge on any atom is 0.147 e. The minimum atomic E-state index is -0.343. The first-order chi connectivity index (χ1) is 10.3. The molecule has 102 valence electrons. The first kappa shape index (κ1) is 12.2. The van der Waals surface area contributed by atoms with Gasteiger partial charge in [0.25, 0.3) is 0 Å². The fraction of sp³-hybridized carbons (Fsp3) is 0.0526. The zero-order valence-corrected chi connectivity index (χ0v) is 11.4. The van der Waals surface area contributed by atoms with Gasteiger partial charge in [-0.25, -0.2) is 4.39 Å². The van der Waals surface area contributed by atoms with E-state index in [1.807, 2.05) is 48.5 Å². The Morgan fingerprint density at radius 2 is 1.57 bits per heavy atom. The third-order valence-corrected chi connectivity index (χ3v) is 4.16. The number of rotatable bonds is 1. The molecule has 21 heavy (non-hydrogen) atoms. The second kappa shape index (κ2) is 4.45. The van der Waals surface area contributed by atoms with Crippen LogP contribution in [0.4, 0.5) is 10.1 Å². The van der Waals surface area contributed by atoms with E-state index in [0.29, 0.717) is 0 Å². The van der Waals surface area contributed by atoms with Crippen LogP contribution in [0, 0.1) is 5.82 Å². The molecule has 1 aliphatic carbocycles. The van der Waals surface area contributed by atoms with Gasteiger partial charge in [-0.15, -0.1) is 0 Å². The number of nitrogen functional groups attached to an aromatic ring is 1. The predicted octanol–water partition coefficient (Wildman–Crippen LogP) is 4.65. The van der Waals surface area contributed by atoms with Crippen LogP contribution in [-0.2, 0) is 6.42 Å². The van der Waals surface area contributed by atoms with Crippen LogP contribution >= 0.6 is 0 Å². The first-order valence-corrected chi connectivity index (χ1v) is 7.00. The highest BCUT2D eigenvalue weighted by atomic mass is 19.1. The van der Waals surface area contributed by atoms with E-state index < -0.39 is 0 Å². The number of halogens is 1. The largest absolute Gasteiger partial charge is 0.396 e. The van der Waals surface area contributed by atoms with Crippen LogP contribution in [0.2, 0.25) is 0 Å². The molecule has 1 aliphatic rings. The van der Waals surface area contributed by atoms with Crippen LogP contribution in [0.3, 0.4) is 0 Å². The number of fused-ring (bicyclic) bond motifs is 3. The van der Waals surface area contributed by atoms with Crippen LogP contribution in [0.5, 0.6) is 0 Å². The van der Waals surface area contributed by atoms with E-state index in [2.05, 4.69) is 6.07 Å². The fourth-order valence-electron chi connectivity index (χ4n) is 3.19. The number of benzene rings is 3. The Morgan fingerprint density at radius 1 is 0.857 bits per heavy atom. The summed E-state index contributed by atoms with van der Waals surface area (Å²) in [6, 6.07) is 19.5. The van der Waals surface area contributed by atoms with E-state index in [1.54, 1.807) is 6.07 Å². The third-order valence-electron chi connectivity index (χ3n) is 4.16. The summed E-state index contributed by atoms with van der Waals surface area (Å²) in [6.07, 6.45) is 0.806. The van der Waals surface area contributed by atoms with Gasteiger partial charge in [0.2, 0.25) is 0 Å². The maximum atomic E-state index is 14.3. The van der Waals surface area contributed by atoms with Gasteiger partial charge in [0.15, 0.2) is 0 Å². The fourth-order valence-corrected chi connectivity index (χ4v) is 3.19. The van der Waals surface area contributed by atoms with Crippen molar-refractivity contribution < 1.29 is 4.39 Å². The molecular weight excluding hydrogens is 261 g/mol. The van der Waals surface area contributed by atoms with Crippen molar-refractivity contribution in [2.24, 2.45) is 0 Å². The maximum absolute atomic E-state index is 14.3. The van der Waals surface area contributed by atoms with Gasteiger partial charge in [-0.3, -0.25) is 0 Å². The highest BCUT2D eigenvalue weighted by Crippen LogP contribution is 2.45. The van der Waals surface area contributed by atoms with Crippen molar-refractivity contribution in [3.8, 4) is 22.3 Å². The van der Waals surface area contributed by atoms with Gasteiger partial charge in [0, 0.05) is 5.56 Å². The molecule has 2 N–H and O–H groups in total. The van der Waals surface area contributed by atoms with Gasteiger partial charge in [-0.05, 0) is 40.3 Å². The highest BCUT2D eigenvalue weighted by Gasteiger charge is 2.25. The van der Waals surface area contributed by atoms with Gasteiger partial charge in [0.05, 0.1) is 5.69 Å². The molecule has 0 spiro atoms. The van der Waals surface area contributed by atoms with Gasteiger partial charge in [0.1, 0.15) is 5.82 Å². The molecule has 0 saturated heterocycles. The molecule has 0 radical (unpaired) electrons. The minimum absolute atomic E-state index is 0.243. The lowest BCUT2D eigenvalue weighted by atomic mass is 9.93. The van der Waals surface area contributed by atoms with Crippen molar-refractivity contribution in [1.29, 1.82) is 0 Å². The van der Waals surface area contributed by atoms with Crippen molar-refractivity contribution in [2.75, 3.05) is 5.73 Å². The second-order valence-electron chi connectivity index (χ2n) is 5.37. The number of anilines is 1. The summed E-state index contributed by atoms with van der Waals surface area (Å²) >= 11 is 0. The summed E-state index contributed by atoms with van der Waals surface area (Å²) in [5.74, 6) is -0.343. The van der Waals surface area contributed by atoms with Crippen LogP contribution in [0.25, 0.3) is 22.3 Å². The van der Waals surface area contributed by atoms with Crippen LogP contribution in [-0.4, -0.2) is 0 Å². The van der Waals surface area contributed by atoms with Crippen molar-refractivity contribution in [3.05, 3.63) is 77.6 Å². The lowest BCUT2D eigenvalue weighted by Crippen LogP contribution is -1.99. The van der Waals surface area contributed by atoms with Crippen molar-refractivity contribution >= 4 is 5.69 Å². The van der Waals surface area contributed by atoms with E-state index >= 15 is 0 Å². The van der Waals surface area contributed by atoms with E-state index in [1.165, 1.54) is 5.56 Å². The lowest BCUT2D eigenvalue weighted by molar-refractivity contribution is 0.633. The standard InChI is InChI=1S/C19H14FN/c20-17-11-15-14-9-5-4-8-13(14)10-16(15)18(19(17)21)12-6-2-1-3-7-12/h1-9,11H,10,21H2. The molecule has 0 unspecified atom stereocenters. The molecule has 3 aromatic carbocycles. The van der Waals surface area contributed by atoms with E-state index in [4.69, 9.17) is 5.73 Å². The van der Waals surface area contributed by atoms with Crippen LogP contribution in [0.15, 0.2) is 60.7 Å². The molecular formula is C19H14FN. The molecule has 0 atom stereocenters. The monoisotopic (exact) mass is 275 g/mol. The summed E-state index contributed by atoms with van der Waals surface area (Å²) in [5.41, 5.74) is 12.5. The molecule has 2 heteroatoms. The molecule has 1 nitrogen and oxygen atoms in total. The molecule has 0 saturated carbocycles. The number of nitrogens with two attached hydrogens (primary N) is 1. The molecule has 0 heterocycles. The molecule has 0 bridgehead atoms. The summed E-state index contributed by atoms with van der Waals surface area (Å²) in [4.78, 5) is 0. The van der Waals surface area contributed by atoms with Gasteiger partial charge >= 0.3 is 0 Å². The Hall–Kier alpha value is -2.61. The topological polar surface area (TPSA) is 26.0 Å². The Balaban J connectivity index is 2.04. The SMILES string of the molecule is Nc1c(F)cc2c(c1-c1ccccc1)Cc1ccccc1-2. The first-order valence-electron chi connectivity index (χ1n) is 7.00. The number of hydrogen-bond donors (Lipinski definition) is 1. The third kappa shape index (κ3) is 1.76. The Kier molecular flexibility index (Phi) is 2.58. The highest BCUT2D eigenvalue weighted by molar-refractivity contribution is 5.90. The molecule has 0 aromatic heterocycles. The summed E-state index contributed by atoms with van der Waals surface area (Å²) in [5, 5.41) is 0. The normalized spacial score (nSPS) is 12.0. The molecule has 0 fully saturated rings. The Labute approximate surface area is 122 Å². The smallest absolute Gasteiger partial charge is 0.147 e. The van der Waals surface area contributed by atoms with Gasteiger partial charge in [-0.1, -0.05) is 54.6 Å². The van der Waals surface area contributed by atoms with Gasteiger partial charge < -0.3 is 5.73 Å². The Morgan fingerprint density at radius 3 is 2.38 bits per heavy atom. The zero-order chi connectivity index (χ0) is 14.4. The van der Waals surface area contributed by atoms with E-state index in [9.17, 15) is 4.39 Å². The van der Waals surface area contributed by atoms with Crippen molar-refractivity contribution in [3.63, 3.8) is 0 Å². The molecule has 0 aliphatic heterocycles. The quantitative estimate of drug-likeness (QED) is 0.503. The van der Waals surface area contributed by atoms with Crippen molar-refractivity contribution in [1.82, 2.24) is 0 Å². The van der Waals surface area contributed by atoms with E-state index in [0.717, 1.165) is 34.2 Å². The zero-order valence-electron chi connectivity index (χ0n) is 11.4. The van der Waals surface area contributed by atoms with E-state index in [-0.39, 0.29) is 11.5 Å². The van der Waals surface area contributed by atoms with Crippen LogP contribution < -0.4 is 5.73 Å². The average molecular weight is 275 g/mol. The lowest BCUT2D eigenvalue weighted by Gasteiger charge is -2.13. The molecule has 3 aromatic rings. The molecule has 0 amide bonds. The van der Waals surface area contributed by atoms with Crippen LogP contribution in [0.1, 0.15) is 11.1 Å². The number of hydrogen-bond acceptors (Lipinski definition) is 1. The van der Waals surface area contributed by atoms with Gasteiger partial charge in [-0.2, -0.15) is 0 Å².